The Morgan fingerprint density at radius 2 is 0.778 bits per heavy atom. The van der Waals surface area contributed by atoms with Crippen LogP contribution in [0, 0.1) is 6.92 Å². The van der Waals surface area contributed by atoms with E-state index in [-0.39, 0.29) is 27.1 Å². The van der Waals surface area contributed by atoms with Crippen LogP contribution in [0.15, 0.2) is 158 Å². The number of anilines is 6. The predicted octanol–water partition coefficient (Wildman–Crippen LogP) is 17.5. The summed E-state index contributed by atoms with van der Waals surface area (Å²) < 4.78 is 0. The number of hydrogen-bond donors (Lipinski definition) is 0. The van der Waals surface area contributed by atoms with Crippen molar-refractivity contribution in [1.29, 1.82) is 0 Å². The Morgan fingerprint density at radius 1 is 0.381 bits per heavy atom. The Bertz CT molecular complexity index is 2730. The van der Waals surface area contributed by atoms with Crippen molar-refractivity contribution >= 4 is 45.7 Å². The highest BCUT2D eigenvalue weighted by Gasteiger charge is 2.31. The largest absolute Gasteiger partial charge is 0.309 e. The minimum absolute atomic E-state index is 0.0740. The van der Waals surface area contributed by atoms with Crippen LogP contribution in [0.1, 0.15) is 133 Å². The number of nitrogens with zero attached hydrogens (tertiary/aromatic N) is 2. The minimum Gasteiger partial charge on any atom is -0.309 e. The fourth-order valence-electron chi connectivity index (χ4n) is 9.25. The first-order chi connectivity index (χ1) is 29.6. The second kappa shape index (κ2) is 15.9. The van der Waals surface area contributed by atoms with E-state index in [1.165, 1.54) is 44.5 Å². The molecule has 0 saturated carbocycles. The SMILES string of the molecule is Cc1cc2c(Cl)c(c1)N(c1cc(C(C)(C)C)cc(C(C)(C)C)c1)c1ccc(cc1)C(C)(C)c1cccc(c1)C(C)(C)c1ccc(cc1)N2c1ccc(C(C)(C)c2ccccc2)cc1. The lowest BCUT2D eigenvalue weighted by atomic mass is 9.73. The second-order valence-electron chi connectivity index (χ2n) is 21.5. The van der Waals surface area contributed by atoms with Crippen molar-refractivity contribution in [2.45, 2.75) is 117 Å². The number of benzene rings is 7. The van der Waals surface area contributed by atoms with Crippen LogP contribution in [0.3, 0.4) is 0 Å². The fraction of sp³-hybridized carbons (Fsp3) is 0.300. The summed E-state index contributed by atoms with van der Waals surface area (Å²) in [5.41, 5.74) is 16.6. The van der Waals surface area contributed by atoms with Crippen LogP contribution in [0.2, 0.25) is 5.02 Å². The zero-order valence-corrected chi connectivity index (χ0v) is 40.5. The van der Waals surface area contributed by atoms with Gasteiger partial charge in [0.15, 0.2) is 0 Å². The molecule has 0 unspecified atom stereocenters. The highest BCUT2D eigenvalue weighted by Crippen LogP contribution is 2.50. The van der Waals surface area contributed by atoms with Gasteiger partial charge in [0.2, 0.25) is 0 Å². The van der Waals surface area contributed by atoms with Crippen LogP contribution in [0.4, 0.5) is 34.1 Å². The summed E-state index contributed by atoms with van der Waals surface area (Å²) in [7, 11) is 0. The summed E-state index contributed by atoms with van der Waals surface area (Å²) in [4.78, 5) is 4.73. The predicted molar refractivity (Wildman–Crippen MR) is 272 cm³/mol. The molecule has 3 heteroatoms. The van der Waals surface area contributed by atoms with Crippen molar-refractivity contribution in [3.63, 3.8) is 0 Å². The quantitative estimate of drug-likeness (QED) is 0.174. The van der Waals surface area contributed by atoms with Gasteiger partial charge in [0.25, 0.3) is 0 Å². The fourth-order valence-corrected chi connectivity index (χ4v) is 9.53. The van der Waals surface area contributed by atoms with Crippen LogP contribution < -0.4 is 9.80 Å². The van der Waals surface area contributed by atoms with Crippen molar-refractivity contribution in [2.24, 2.45) is 0 Å². The molecule has 322 valence electrons. The molecule has 7 aromatic carbocycles. The zero-order valence-electron chi connectivity index (χ0n) is 39.8. The maximum absolute atomic E-state index is 8.01. The van der Waals surface area contributed by atoms with Crippen LogP contribution in [-0.2, 0) is 27.1 Å². The van der Waals surface area contributed by atoms with Gasteiger partial charge in [-0.25, -0.2) is 0 Å². The van der Waals surface area contributed by atoms with E-state index in [2.05, 4.69) is 258 Å². The number of halogens is 1. The lowest BCUT2D eigenvalue weighted by molar-refractivity contribution is 0.569. The third kappa shape index (κ3) is 8.24. The summed E-state index contributed by atoms with van der Waals surface area (Å²) >= 11 is 8.01. The Balaban J connectivity index is 1.42. The lowest BCUT2D eigenvalue weighted by Gasteiger charge is -2.35. The molecule has 0 fully saturated rings. The molecule has 4 aliphatic heterocycles. The average Bonchev–Trinajstić information content (AvgIpc) is 3.25. The number of hydrogen-bond acceptors (Lipinski definition) is 2. The van der Waals surface area contributed by atoms with Crippen molar-refractivity contribution in [2.75, 3.05) is 9.80 Å². The third-order valence-electron chi connectivity index (χ3n) is 13.9. The number of rotatable bonds is 4. The molecular formula is C60H65ClN2. The minimum atomic E-state index is -0.239. The van der Waals surface area contributed by atoms with Crippen LogP contribution in [0.5, 0.6) is 0 Å². The summed E-state index contributed by atoms with van der Waals surface area (Å²) in [5.74, 6) is 0. The molecule has 11 rings (SSSR count). The van der Waals surface area contributed by atoms with Crippen LogP contribution >= 0.6 is 11.6 Å². The molecule has 0 aromatic heterocycles. The van der Waals surface area contributed by atoms with E-state index in [4.69, 9.17) is 11.6 Å². The van der Waals surface area contributed by atoms with Gasteiger partial charge < -0.3 is 9.80 Å². The zero-order chi connectivity index (χ0) is 45.3. The van der Waals surface area contributed by atoms with E-state index < -0.39 is 0 Å². The van der Waals surface area contributed by atoms with Crippen molar-refractivity contribution in [1.82, 2.24) is 0 Å². The Morgan fingerprint density at radius 3 is 1.21 bits per heavy atom. The van der Waals surface area contributed by atoms with Gasteiger partial charge in [-0.3, -0.25) is 0 Å². The molecule has 0 amide bonds. The maximum Gasteiger partial charge on any atom is 0.0887 e. The van der Waals surface area contributed by atoms with Gasteiger partial charge in [0, 0.05) is 39.0 Å². The summed E-state index contributed by atoms with van der Waals surface area (Å²) in [6, 6.07) is 59.0. The molecular weight excluding hydrogens is 784 g/mol. The summed E-state index contributed by atoms with van der Waals surface area (Å²) in [5, 5.41) is 0.678. The first kappa shape index (κ1) is 44.1. The van der Waals surface area contributed by atoms with E-state index in [9.17, 15) is 0 Å². The molecule has 7 aromatic rings. The van der Waals surface area contributed by atoms with E-state index in [0.29, 0.717) is 5.02 Å². The van der Waals surface area contributed by atoms with Gasteiger partial charge in [-0.15, -0.1) is 0 Å². The van der Waals surface area contributed by atoms with Gasteiger partial charge in [-0.1, -0.05) is 192 Å². The molecule has 0 radical (unpaired) electrons. The smallest absolute Gasteiger partial charge is 0.0887 e. The van der Waals surface area contributed by atoms with Gasteiger partial charge in [-0.2, -0.15) is 0 Å². The topological polar surface area (TPSA) is 6.48 Å². The van der Waals surface area contributed by atoms with E-state index >= 15 is 0 Å². The molecule has 0 aliphatic carbocycles. The van der Waals surface area contributed by atoms with Crippen LogP contribution in [0.25, 0.3) is 0 Å². The first-order valence-electron chi connectivity index (χ1n) is 22.6. The Kier molecular flexibility index (Phi) is 11.1. The molecule has 0 N–H and O–H groups in total. The molecule has 2 nitrogen and oxygen atoms in total. The second-order valence-corrected chi connectivity index (χ2v) is 21.9. The van der Waals surface area contributed by atoms with Crippen molar-refractivity contribution in [3.8, 4) is 0 Å². The molecule has 4 heterocycles. The molecule has 4 aliphatic rings. The summed E-state index contributed by atoms with van der Waals surface area (Å²) in [6.07, 6.45) is 0. The molecule has 63 heavy (non-hydrogen) atoms. The van der Waals surface area contributed by atoms with Crippen molar-refractivity contribution in [3.05, 3.63) is 213 Å². The molecule has 8 bridgehead atoms. The summed E-state index contributed by atoms with van der Waals surface area (Å²) in [6.45, 7) is 30.0. The normalized spacial score (nSPS) is 15.0. The Labute approximate surface area is 383 Å². The third-order valence-corrected chi connectivity index (χ3v) is 14.3. The highest BCUT2D eigenvalue weighted by molar-refractivity contribution is 6.36. The van der Waals surface area contributed by atoms with E-state index in [1.54, 1.807) is 0 Å². The Hall–Kier alpha value is -5.57. The van der Waals surface area contributed by atoms with Gasteiger partial charge in [-0.05, 0) is 128 Å². The van der Waals surface area contributed by atoms with Crippen LogP contribution in [-0.4, -0.2) is 0 Å². The average molecular weight is 850 g/mol. The van der Waals surface area contributed by atoms with E-state index in [1.807, 2.05) is 0 Å². The standard InChI is InChI=1S/C60H65ClN2/c1-40-34-53-55(61)54(35-40)63(52-38-47(56(2,3)4)37-48(39-52)57(5,6)7)51-32-26-44(27-33-51)60(12,13)46-21-17-20-45(36-46)59(10,11)43-24-30-50(31-25-43)62(53)49-28-22-42(23-29-49)58(8,9)41-18-15-14-16-19-41/h14-39H,1-13H3. The molecule has 0 spiro atoms. The first-order valence-corrected chi connectivity index (χ1v) is 23.0. The number of aryl methyl sites for hydroxylation is 1. The van der Waals surface area contributed by atoms with E-state index in [0.717, 1.165) is 39.7 Å². The lowest BCUT2D eigenvalue weighted by Crippen LogP contribution is -2.23. The molecule has 0 saturated heterocycles. The highest BCUT2D eigenvalue weighted by atomic mass is 35.5. The van der Waals surface area contributed by atoms with Gasteiger partial charge >= 0.3 is 0 Å². The molecule has 0 atom stereocenters. The van der Waals surface area contributed by atoms with Crippen molar-refractivity contribution < 1.29 is 0 Å². The monoisotopic (exact) mass is 848 g/mol. The van der Waals surface area contributed by atoms with Gasteiger partial charge in [0.1, 0.15) is 0 Å². The maximum atomic E-state index is 8.01. The van der Waals surface area contributed by atoms with Gasteiger partial charge in [0.05, 0.1) is 16.4 Å².